The highest BCUT2D eigenvalue weighted by atomic mass is 79.9. The molecule has 0 fully saturated rings. The van der Waals surface area contributed by atoms with Crippen molar-refractivity contribution in [2.45, 2.75) is 46.3 Å². The van der Waals surface area contributed by atoms with Crippen LogP contribution in [0.15, 0.2) is 6.33 Å². The maximum Gasteiger partial charge on any atom is 0.141 e. The average Bonchev–Trinajstić information content (AvgIpc) is 2.65. The second kappa shape index (κ2) is 7.01. The number of nitrogens with zero attached hydrogens (tertiary/aromatic N) is 4. The van der Waals surface area contributed by atoms with Gasteiger partial charge in [0.1, 0.15) is 12.2 Å². The lowest BCUT2D eigenvalue weighted by atomic mass is 10.3. The topological polar surface area (TPSA) is 34.0 Å². The molecular weight excluding hydrogens is 268 g/mol. The molecule has 1 heterocycles. The molecule has 0 saturated heterocycles. The van der Waals surface area contributed by atoms with Gasteiger partial charge in [-0.3, -0.25) is 4.90 Å². The molecule has 0 aromatic carbocycles. The van der Waals surface area contributed by atoms with Crippen molar-refractivity contribution in [3.8, 4) is 0 Å². The maximum absolute atomic E-state index is 4.33. The van der Waals surface area contributed by atoms with Crippen LogP contribution in [0.1, 0.15) is 33.0 Å². The van der Waals surface area contributed by atoms with Crippen LogP contribution in [0, 0.1) is 0 Å². The van der Waals surface area contributed by atoms with Crippen LogP contribution in [-0.2, 0) is 13.1 Å². The fourth-order valence-electron chi connectivity index (χ4n) is 1.62. The Morgan fingerprint density at radius 3 is 2.81 bits per heavy atom. The Balaban J connectivity index is 2.65. The van der Waals surface area contributed by atoms with Gasteiger partial charge in [0, 0.05) is 24.5 Å². The Bertz CT molecular complexity index is 298. The van der Waals surface area contributed by atoms with Gasteiger partial charge in [0.05, 0.1) is 6.54 Å². The molecule has 1 aromatic heterocycles. The van der Waals surface area contributed by atoms with Crippen molar-refractivity contribution in [1.82, 2.24) is 19.7 Å². The first-order chi connectivity index (χ1) is 7.69. The molecular formula is C11H21BrN4. The zero-order chi connectivity index (χ0) is 12.0. The number of hydrogen-bond acceptors (Lipinski definition) is 3. The van der Waals surface area contributed by atoms with E-state index in [2.05, 4.69) is 51.7 Å². The Morgan fingerprint density at radius 1 is 1.50 bits per heavy atom. The summed E-state index contributed by atoms with van der Waals surface area (Å²) >= 11 is 3.49. The van der Waals surface area contributed by atoms with E-state index in [-0.39, 0.29) is 0 Å². The van der Waals surface area contributed by atoms with Crippen molar-refractivity contribution in [3.63, 3.8) is 0 Å². The van der Waals surface area contributed by atoms with Crippen molar-refractivity contribution in [1.29, 1.82) is 0 Å². The second-order valence-electron chi connectivity index (χ2n) is 4.15. The predicted octanol–water partition coefficient (Wildman–Crippen LogP) is 2.29. The first-order valence-electron chi connectivity index (χ1n) is 5.85. The molecule has 0 spiro atoms. The number of rotatable bonds is 7. The number of alkyl halides is 1. The third-order valence-corrected chi connectivity index (χ3v) is 2.93. The van der Waals surface area contributed by atoms with Crippen molar-refractivity contribution in [2.75, 3.05) is 11.9 Å². The van der Waals surface area contributed by atoms with Gasteiger partial charge in [-0.25, -0.2) is 9.67 Å². The standard InChI is InChI=1S/C11H21BrN4/c1-4-6-16-11(13-9-14-16)8-15(7-5-12)10(2)3/h9-10H,4-8H2,1-3H3. The van der Waals surface area contributed by atoms with Crippen molar-refractivity contribution < 1.29 is 0 Å². The fourth-order valence-corrected chi connectivity index (χ4v) is 2.07. The molecule has 0 aliphatic heterocycles. The summed E-state index contributed by atoms with van der Waals surface area (Å²) in [4.78, 5) is 6.73. The summed E-state index contributed by atoms with van der Waals surface area (Å²) in [6.45, 7) is 9.45. The fraction of sp³-hybridized carbons (Fsp3) is 0.818. The van der Waals surface area contributed by atoms with E-state index in [1.54, 1.807) is 6.33 Å². The minimum absolute atomic E-state index is 0.532. The molecule has 0 aliphatic rings. The van der Waals surface area contributed by atoms with Crippen LogP contribution >= 0.6 is 15.9 Å². The molecule has 16 heavy (non-hydrogen) atoms. The van der Waals surface area contributed by atoms with E-state index in [1.165, 1.54) is 0 Å². The van der Waals surface area contributed by atoms with E-state index in [0.29, 0.717) is 6.04 Å². The first kappa shape index (κ1) is 13.6. The Morgan fingerprint density at radius 2 is 2.25 bits per heavy atom. The normalized spacial score (nSPS) is 11.6. The van der Waals surface area contributed by atoms with Gasteiger partial charge in [0.25, 0.3) is 0 Å². The average molecular weight is 289 g/mol. The largest absolute Gasteiger partial charge is 0.293 e. The zero-order valence-electron chi connectivity index (χ0n) is 10.4. The molecule has 0 saturated carbocycles. The van der Waals surface area contributed by atoms with Crippen LogP contribution in [0.25, 0.3) is 0 Å². The first-order valence-corrected chi connectivity index (χ1v) is 6.97. The second-order valence-corrected chi connectivity index (χ2v) is 4.95. The third-order valence-electron chi connectivity index (χ3n) is 2.58. The Kier molecular flexibility index (Phi) is 5.98. The molecule has 4 nitrogen and oxygen atoms in total. The summed E-state index contributed by atoms with van der Waals surface area (Å²) < 4.78 is 2.00. The van der Waals surface area contributed by atoms with E-state index < -0.39 is 0 Å². The summed E-state index contributed by atoms with van der Waals surface area (Å²) in [5.74, 6) is 1.07. The third kappa shape index (κ3) is 3.87. The quantitative estimate of drug-likeness (QED) is 0.722. The van der Waals surface area contributed by atoms with Gasteiger partial charge in [-0.1, -0.05) is 22.9 Å². The van der Waals surface area contributed by atoms with Crippen LogP contribution < -0.4 is 0 Å². The van der Waals surface area contributed by atoms with Crippen molar-refractivity contribution >= 4 is 15.9 Å². The van der Waals surface area contributed by atoms with Crippen molar-refractivity contribution in [3.05, 3.63) is 12.2 Å². The number of aromatic nitrogens is 3. The van der Waals surface area contributed by atoms with Gasteiger partial charge in [-0.15, -0.1) is 0 Å². The summed E-state index contributed by atoms with van der Waals surface area (Å²) in [5.41, 5.74) is 0. The molecule has 0 radical (unpaired) electrons. The molecule has 0 aliphatic carbocycles. The van der Waals surface area contributed by atoms with Crippen LogP contribution in [0.2, 0.25) is 0 Å². The van der Waals surface area contributed by atoms with Gasteiger partial charge in [0.15, 0.2) is 0 Å². The Labute approximate surface area is 106 Å². The minimum Gasteiger partial charge on any atom is -0.293 e. The summed E-state index contributed by atoms with van der Waals surface area (Å²) in [5, 5.41) is 5.24. The maximum atomic E-state index is 4.33. The van der Waals surface area contributed by atoms with Gasteiger partial charge in [0.2, 0.25) is 0 Å². The lowest BCUT2D eigenvalue weighted by molar-refractivity contribution is 0.217. The molecule has 5 heteroatoms. The lowest BCUT2D eigenvalue weighted by Gasteiger charge is -2.25. The van der Waals surface area contributed by atoms with Crippen LogP contribution in [-0.4, -0.2) is 37.6 Å². The molecule has 1 rings (SSSR count). The van der Waals surface area contributed by atoms with E-state index in [4.69, 9.17) is 0 Å². The van der Waals surface area contributed by atoms with E-state index in [1.807, 2.05) is 4.68 Å². The Hall–Kier alpha value is -0.420. The van der Waals surface area contributed by atoms with Gasteiger partial charge < -0.3 is 0 Å². The molecule has 92 valence electrons. The van der Waals surface area contributed by atoms with Gasteiger partial charge >= 0.3 is 0 Å². The summed E-state index contributed by atoms with van der Waals surface area (Å²) in [6.07, 6.45) is 2.74. The SMILES string of the molecule is CCCn1ncnc1CN(CCBr)C(C)C. The van der Waals surface area contributed by atoms with Gasteiger partial charge in [-0.2, -0.15) is 5.10 Å². The van der Waals surface area contributed by atoms with E-state index >= 15 is 0 Å². The van der Waals surface area contributed by atoms with E-state index in [9.17, 15) is 0 Å². The molecule has 0 unspecified atom stereocenters. The smallest absolute Gasteiger partial charge is 0.141 e. The molecule has 1 aromatic rings. The number of halogens is 1. The van der Waals surface area contributed by atoms with Crippen LogP contribution in [0.3, 0.4) is 0 Å². The monoisotopic (exact) mass is 288 g/mol. The summed E-state index contributed by atoms with van der Waals surface area (Å²) in [7, 11) is 0. The summed E-state index contributed by atoms with van der Waals surface area (Å²) in [6, 6.07) is 0.532. The highest BCUT2D eigenvalue weighted by Crippen LogP contribution is 2.06. The van der Waals surface area contributed by atoms with E-state index in [0.717, 1.165) is 37.2 Å². The predicted molar refractivity (Wildman–Crippen MR) is 69.7 cm³/mol. The highest BCUT2D eigenvalue weighted by Gasteiger charge is 2.12. The molecule has 0 bridgehead atoms. The highest BCUT2D eigenvalue weighted by molar-refractivity contribution is 9.09. The van der Waals surface area contributed by atoms with Gasteiger partial charge in [-0.05, 0) is 20.3 Å². The number of hydrogen-bond donors (Lipinski definition) is 0. The molecule has 0 atom stereocenters. The lowest BCUT2D eigenvalue weighted by Crippen LogP contribution is -2.33. The minimum atomic E-state index is 0.532. The molecule has 0 amide bonds. The molecule has 0 N–H and O–H groups in total. The van der Waals surface area contributed by atoms with Crippen LogP contribution in [0.4, 0.5) is 0 Å². The zero-order valence-corrected chi connectivity index (χ0v) is 11.9. The van der Waals surface area contributed by atoms with Crippen LogP contribution in [0.5, 0.6) is 0 Å². The number of aryl methyl sites for hydroxylation is 1. The van der Waals surface area contributed by atoms with Crippen molar-refractivity contribution in [2.24, 2.45) is 0 Å².